The summed E-state index contributed by atoms with van der Waals surface area (Å²) in [5.41, 5.74) is 2.66. The molecule has 0 aliphatic carbocycles. The van der Waals surface area contributed by atoms with E-state index in [9.17, 15) is 9.59 Å². The number of hydrogen-bond donors (Lipinski definition) is 2. The SMILES string of the molecule is O=C(N[C@@H]1CCCN(c2nc(Nc3ccc(C(=O)N4CCOCC4)cc3)c3nccn3n2)C1)c1ccccc1. The van der Waals surface area contributed by atoms with Crippen LogP contribution in [-0.2, 0) is 4.74 Å². The standard InChI is InChI=1S/C28H30N8O3/c37-26(20-5-2-1-3-6-20)31-23-7-4-13-35(19-23)28-32-24(25-29-12-14-36(25)33-28)30-22-10-8-21(9-11-22)27(38)34-15-17-39-18-16-34/h1-3,5-6,8-12,14,23H,4,7,13,15-19H2,(H,31,37)(H,30,32,33)/t23-/m1/s1. The van der Waals surface area contributed by atoms with Crippen LogP contribution in [0.25, 0.3) is 5.65 Å². The molecule has 200 valence electrons. The summed E-state index contributed by atoms with van der Waals surface area (Å²) in [6.07, 6.45) is 5.27. The maximum atomic E-state index is 12.8. The highest BCUT2D eigenvalue weighted by Crippen LogP contribution is 2.24. The van der Waals surface area contributed by atoms with Gasteiger partial charge < -0.3 is 25.2 Å². The lowest BCUT2D eigenvalue weighted by Crippen LogP contribution is -2.48. The number of aromatic nitrogens is 4. The van der Waals surface area contributed by atoms with E-state index in [2.05, 4.69) is 25.6 Å². The second kappa shape index (κ2) is 11.1. The van der Waals surface area contributed by atoms with Crippen molar-refractivity contribution < 1.29 is 14.3 Å². The fourth-order valence-corrected chi connectivity index (χ4v) is 4.95. The second-order valence-corrected chi connectivity index (χ2v) is 9.69. The molecule has 11 heteroatoms. The van der Waals surface area contributed by atoms with Gasteiger partial charge in [-0.3, -0.25) is 9.59 Å². The summed E-state index contributed by atoms with van der Waals surface area (Å²) in [6.45, 7) is 3.74. The fraction of sp³-hybridized carbons (Fsp3) is 0.321. The molecule has 0 radical (unpaired) electrons. The molecule has 4 heterocycles. The first-order valence-corrected chi connectivity index (χ1v) is 13.2. The van der Waals surface area contributed by atoms with Crippen LogP contribution in [0.2, 0.25) is 0 Å². The highest BCUT2D eigenvalue weighted by Gasteiger charge is 2.25. The van der Waals surface area contributed by atoms with E-state index in [0.29, 0.717) is 61.4 Å². The van der Waals surface area contributed by atoms with E-state index in [1.807, 2.05) is 59.5 Å². The number of benzene rings is 2. The molecule has 2 fully saturated rings. The molecule has 2 aliphatic heterocycles. The zero-order valence-electron chi connectivity index (χ0n) is 21.5. The molecule has 1 atom stereocenters. The van der Waals surface area contributed by atoms with Crippen molar-refractivity contribution in [2.45, 2.75) is 18.9 Å². The van der Waals surface area contributed by atoms with Gasteiger partial charge >= 0.3 is 0 Å². The first-order valence-electron chi connectivity index (χ1n) is 13.2. The van der Waals surface area contributed by atoms with E-state index in [1.165, 1.54) is 0 Å². The summed E-state index contributed by atoms with van der Waals surface area (Å²) in [4.78, 5) is 38.6. The van der Waals surface area contributed by atoms with Crippen LogP contribution < -0.4 is 15.5 Å². The smallest absolute Gasteiger partial charge is 0.254 e. The Morgan fingerprint density at radius 3 is 2.54 bits per heavy atom. The predicted octanol–water partition coefficient (Wildman–Crippen LogP) is 2.74. The van der Waals surface area contributed by atoms with E-state index >= 15 is 0 Å². The highest BCUT2D eigenvalue weighted by atomic mass is 16.5. The van der Waals surface area contributed by atoms with Gasteiger partial charge in [-0.1, -0.05) is 18.2 Å². The van der Waals surface area contributed by atoms with Crippen molar-refractivity contribution >= 4 is 34.9 Å². The molecule has 0 saturated carbocycles. The second-order valence-electron chi connectivity index (χ2n) is 9.69. The molecule has 0 bridgehead atoms. The number of nitrogens with one attached hydrogen (secondary N) is 2. The minimum atomic E-state index is -0.0775. The van der Waals surface area contributed by atoms with Crippen LogP contribution in [0, 0.1) is 0 Å². The average molecular weight is 527 g/mol. The lowest BCUT2D eigenvalue weighted by Gasteiger charge is -2.33. The van der Waals surface area contributed by atoms with Crippen LogP contribution in [0.5, 0.6) is 0 Å². The summed E-state index contributed by atoms with van der Waals surface area (Å²) < 4.78 is 7.05. The molecule has 2 amide bonds. The topological polar surface area (TPSA) is 117 Å². The van der Waals surface area contributed by atoms with Crippen LogP contribution in [-0.4, -0.2) is 81.7 Å². The third-order valence-corrected chi connectivity index (χ3v) is 7.01. The number of ether oxygens (including phenoxy) is 1. The maximum Gasteiger partial charge on any atom is 0.254 e. The van der Waals surface area contributed by atoms with Crippen LogP contribution in [0.4, 0.5) is 17.5 Å². The minimum Gasteiger partial charge on any atom is -0.378 e. The number of carbonyl (C=O) groups excluding carboxylic acids is 2. The van der Waals surface area contributed by atoms with E-state index in [4.69, 9.17) is 9.72 Å². The first kappa shape index (κ1) is 24.8. The number of nitrogens with zero attached hydrogens (tertiary/aromatic N) is 6. The summed E-state index contributed by atoms with van der Waals surface area (Å²) in [7, 11) is 0. The third kappa shape index (κ3) is 5.53. The minimum absolute atomic E-state index is 0.00354. The van der Waals surface area contributed by atoms with Gasteiger partial charge in [-0.2, -0.15) is 4.98 Å². The zero-order chi connectivity index (χ0) is 26.6. The van der Waals surface area contributed by atoms with Crippen molar-refractivity contribution in [1.29, 1.82) is 0 Å². The Labute approximate surface area is 225 Å². The lowest BCUT2D eigenvalue weighted by atomic mass is 10.1. The number of morpholine rings is 1. The van der Waals surface area contributed by atoms with E-state index in [1.54, 1.807) is 16.9 Å². The van der Waals surface area contributed by atoms with Gasteiger partial charge in [-0.05, 0) is 49.2 Å². The summed E-state index contributed by atoms with van der Waals surface area (Å²) in [5.74, 6) is 1.05. The largest absolute Gasteiger partial charge is 0.378 e. The van der Waals surface area contributed by atoms with Gasteiger partial charge in [0.25, 0.3) is 11.8 Å². The lowest BCUT2D eigenvalue weighted by molar-refractivity contribution is 0.0303. The van der Waals surface area contributed by atoms with Crippen LogP contribution >= 0.6 is 0 Å². The van der Waals surface area contributed by atoms with Gasteiger partial charge in [0.1, 0.15) is 0 Å². The van der Waals surface area contributed by atoms with Gasteiger partial charge in [0.2, 0.25) is 5.95 Å². The normalized spacial score (nSPS) is 17.7. The predicted molar refractivity (Wildman–Crippen MR) is 146 cm³/mol. The Morgan fingerprint density at radius 2 is 1.74 bits per heavy atom. The number of piperidine rings is 1. The molecule has 2 aliphatic rings. The molecule has 39 heavy (non-hydrogen) atoms. The van der Waals surface area contributed by atoms with Crippen molar-refractivity contribution in [3.8, 4) is 0 Å². The number of anilines is 3. The summed E-state index contributed by atoms with van der Waals surface area (Å²) in [5, 5.41) is 11.2. The number of imidazole rings is 1. The van der Waals surface area contributed by atoms with Gasteiger partial charge in [0, 0.05) is 61.4 Å². The van der Waals surface area contributed by atoms with E-state index < -0.39 is 0 Å². The molecule has 0 spiro atoms. The molecule has 6 rings (SSSR count). The molecular formula is C28H30N8O3. The monoisotopic (exact) mass is 526 g/mol. The van der Waals surface area contributed by atoms with Crippen molar-refractivity contribution in [2.75, 3.05) is 49.6 Å². The first-order chi connectivity index (χ1) is 19.1. The van der Waals surface area contributed by atoms with Gasteiger partial charge in [0.05, 0.1) is 13.2 Å². The van der Waals surface area contributed by atoms with E-state index in [0.717, 1.165) is 25.1 Å². The van der Waals surface area contributed by atoms with Crippen LogP contribution in [0.3, 0.4) is 0 Å². The summed E-state index contributed by atoms with van der Waals surface area (Å²) >= 11 is 0. The highest BCUT2D eigenvalue weighted by molar-refractivity contribution is 5.95. The average Bonchev–Trinajstić information content (AvgIpc) is 3.48. The number of rotatable bonds is 6. The fourth-order valence-electron chi connectivity index (χ4n) is 4.95. The molecule has 11 nitrogen and oxygen atoms in total. The summed E-state index contributed by atoms with van der Waals surface area (Å²) in [6, 6.07) is 16.6. The maximum absolute atomic E-state index is 12.8. The molecular weight excluding hydrogens is 496 g/mol. The van der Waals surface area contributed by atoms with Crippen molar-refractivity contribution in [3.05, 3.63) is 78.1 Å². The molecule has 2 N–H and O–H groups in total. The van der Waals surface area contributed by atoms with Gasteiger partial charge in [0.15, 0.2) is 11.5 Å². The number of hydrogen-bond acceptors (Lipinski definition) is 8. The van der Waals surface area contributed by atoms with Gasteiger partial charge in [-0.25, -0.2) is 9.50 Å². The molecule has 2 saturated heterocycles. The van der Waals surface area contributed by atoms with Crippen molar-refractivity contribution in [3.63, 3.8) is 0 Å². The van der Waals surface area contributed by atoms with Crippen LogP contribution in [0.1, 0.15) is 33.6 Å². The van der Waals surface area contributed by atoms with Gasteiger partial charge in [-0.15, -0.1) is 5.10 Å². The molecule has 2 aromatic heterocycles. The Kier molecular flexibility index (Phi) is 7.05. The number of fused-ring (bicyclic) bond motifs is 1. The Morgan fingerprint density at radius 1 is 0.949 bits per heavy atom. The molecule has 4 aromatic rings. The number of carbonyl (C=O) groups is 2. The Balaban J connectivity index is 1.17. The molecule has 0 unspecified atom stereocenters. The van der Waals surface area contributed by atoms with Crippen molar-refractivity contribution in [1.82, 2.24) is 29.8 Å². The number of amides is 2. The van der Waals surface area contributed by atoms with Crippen LogP contribution in [0.15, 0.2) is 67.0 Å². The van der Waals surface area contributed by atoms with Crippen molar-refractivity contribution in [2.24, 2.45) is 0 Å². The molecule has 2 aromatic carbocycles. The zero-order valence-corrected chi connectivity index (χ0v) is 21.5. The Hall–Kier alpha value is -4.51. The quantitative estimate of drug-likeness (QED) is 0.394. The van der Waals surface area contributed by atoms with E-state index in [-0.39, 0.29) is 17.9 Å². The Bertz CT molecular complexity index is 1450. The third-order valence-electron chi connectivity index (χ3n) is 7.01.